The minimum atomic E-state index is -0.840. The molecule has 2 aromatic rings. The molecule has 0 aliphatic rings. The Kier molecular flexibility index (Phi) is 2.04. The Balaban J connectivity index is 2.48. The second kappa shape index (κ2) is 3.20. The molecule has 3 heteroatoms. The second-order valence-electron chi connectivity index (χ2n) is 2.91. The number of aliphatic hydroxyl groups is 1. The summed E-state index contributed by atoms with van der Waals surface area (Å²) < 4.78 is 4.80. The summed E-state index contributed by atoms with van der Waals surface area (Å²) in [6.45, 7) is 0. The number of benzene rings is 1. The van der Waals surface area contributed by atoms with Crippen LogP contribution in [0.3, 0.4) is 0 Å². The predicted molar refractivity (Wildman–Crippen MR) is 50.3 cm³/mol. The maximum atomic E-state index is 9.39. The van der Waals surface area contributed by atoms with E-state index in [1.54, 1.807) is 0 Å². The van der Waals surface area contributed by atoms with Crippen LogP contribution in [0.5, 0.6) is 0 Å². The summed E-state index contributed by atoms with van der Waals surface area (Å²) in [6.07, 6.45) is 1.03. The van der Waals surface area contributed by atoms with Gasteiger partial charge in [0.1, 0.15) is 0 Å². The van der Waals surface area contributed by atoms with E-state index in [1.807, 2.05) is 30.5 Å². The summed E-state index contributed by atoms with van der Waals surface area (Å²) in [4.78, 5) is 3.07. The van der Waals surface area contributed by atoms with Crippen molar-refractivity contribution in [1.29, 1.82) is 0 Å². The Hall–Kier alpha value is -1.32. The molecule has 2 rings (SSSR count). The van der Waals surface area contributed by atoms with Crippen molar-refractivity contribution in [1.82, 2.24) is 4.98 Å². The Labute approximate surface area is 76.0 Å². The molecule has 3 nitrogen and oxygen atoms in total. The molecule has 13 heavy (non-hydrogen) atoms. The number of ether oxygens (including phenoxy) is 1. The van der Waals surface area contributed by atoms with Crippen LogP contribution in [-0.4, -0.2) is 17.2 Å². The number of fused-ring (bicyclic) bond motifs is 1. The first-order valence-corrected chi connectivity index (χ1v) is 4.09. The number of H-pyrrole nitrogens is 1. The van der Waals surface area contributed by atoms with Crippen molar-refractivity contribution >= 4 is 10.9 Å². The number of nitrogens with one attached hydrogen (secondary N) is 1. The SMILES string of the molecule is COC(O)c1ccc2cc[nH]c2c1. The zero-order valence-electron chi connectivity index (χ0n) is 7.32. The zero-order chi connectivity index (χ0) is 9.26. The van der Waals surface area contributed by atoms with Gasteiger partial charge in [-0.3, -0.25) is 0 Å². The van der Waals surface area contributed by atoms with Crippen LogP contribution in [0.4, 0.5) is 0 Å². The van der Waals surface area contributed by atoms with Crippen LogP contribution < -0.4 is 0 Å². The minimum absolute atomic E-state index is 0.762. The highest BCUT2D eigenvalue weighted by Crippen LogP contribution is 2.19. The number of aliphatic hydroxyl groups excluding tert-OH is 1. The van der Waals surface area contributed by atoms with Crippen LogP contribution in [0.2, 0.25) is 0 Å². The van der Waals surface area contributed by atoms with Crippen molar-refractivity contribution in [2.24, 2.45) is 0 Å². The largest absolute Gasteiger partial charge is 0.364 e. The van der Waals surface area contributed by atoms with Crippen LogP contribution in [-0.2, 0) is 4.74 Å². The summed E-state index contributed by atoms with van der Waals surface area (Å²) in [6, 6.07) is 7.66. The molecule has 1 heterocycles. The molecule has 0 saturated heterocycles. The molecular formula is C10H11NO2. The first-order chi connectivity index (χ1) is 6.31. The van der Waals surface area contributed by atoms with Crippen LogP contribution in [0, 0.1) is 0 Å². The summed E-state index contributed by atoms with van der Waals surface area (Å²) >= 11 is 0. The lowest BCUT2D eigenvalue weighted by atomic mass is 10.1. The van der Waals surface area contributed by atoms with Crippen LogP contribution in [0.25, 0.3) is 10.9 Å². The van der Waals surface area contributed by atoms with Gasteiger partial charge in [-0.2, -0.15) is 0 Å². The molecule has 0 amide bonds. The third-order valence-corrected chi connectivity index (χ3v) is 2.09. The topological polar surface area (TPSA) is 45.2 Å². The average Bonchev–Trinajstić information content (AvgIpc) is 2.63. The van der Waals surface area contributed by atoms with Crippen LogP contribution in [0.1, 0.15) is 11.9 Å². The maximum absolute atomic E-state index is 9.39. The standard InChI is InChI=1S/C10H11NO2/c1-13-10(12)8-3-2-7-4-5-11-9(7)6-8/h2-6,10-12H,1H3. The van der Waals surface area contributed by atoms with E-state index in [2.05, 4.69) is 4.98 Å². The highest BCUT2D eigenvalue weighted by molar-refractivity contribution is 5.79. The number of hydrogen-bond donors (Lipinski definition) is 2. The third kappa shape index (κ3) is 1.43. The molecule has 0 aliphatic carbocycles. The van der Waals surface area contributed by atoms with E-state index in [9.17, 15) is 5.11 Å². The van der Waals surface area contributed by atoms with E-state index in [-0.39, 0.29) is 0 Å². The number of hydrogen-bond acceptors (Lipinski definition) is 2. The van der Waals surface area contributed by atoms with Gasteiger partial charge in [-0.25, -0.2) is 0 Å². The molecule has 1 aromatic carbocycles. The minimum Gasteiger partial charge on any atom is -0.364 e. The maximum Gasteiger partial charge on any atom is 0.180 e. The van der Waals surface area contributed by atoms with Gasteiger partial charge in [-0.05, 0) is 17.5 Å². The molecule has 1 unspecified atom stereocenters. The van der Waals surface area contributed by atoms with Gasteiger partial charge < -0.3 is 14.8 Å². The Morgan fingerprint density at radius 3 is 3.00 bits per heavy atom. The van der Waals surface area contributed by atoms with Gasteiger partial charge in [0.25, 0.3) is 0 Å². The van der Waals surface area contributed by atoms with E-state index >= 15 is 0 Å². The van der Waals surface area contributed by atoms with Crippen LogP contribution >= 0.6 is 0 Å². The molecule has 0 radical (unpaired) electrons. The summed E-state index contributed by atoms with van der Waals surface area (Å²) in [7, 11) is 1.48. The number of rotatable bonds is 2. The molecule has 1 aromatic heterocycles. The van der Waals surface area contributed by atoms with Crippen molar-refractivity contribution in [3.63, 3.8) is 0 Å². The van der Waals surface area contributed by atoms with Crippen molar-refractivity contribution in [3.8, 4) is 0 Å². The van der Waals surface area contributed by atoms with E-state index in [0.29, 0.717) is 0 Å². The lowest BCUT2D eigenvalue weighted by molar-refractivity contribution is -0.0768. The summed E-state index contributed by atoms with van der Waals surface area (Å²) in [5, 5.41) is 10.5. The van der Waals surface area contributed by atoms with Crippen molar-refractivity contribution < 1.29 is 9.84 Å². The zero-order valence-corrected chi connectivity index (χ0v) is 7.32. The second-order valence-corrected chi connectivity index (χ2v) is 2.91. The molecule has 1 atom stereocenters. The fourth-order valence-corrected chi connectivity index (χ4v) is 1.36. The number of aromatic amines is 1. The van der Waals surface area contributed by atoms with Gasteiger partial charge >= 0.3 is 0 Å². The fourth-order valence-electron chi connectivity index (χ4n) is 1.36. The highest BCUT2D eigenvalue weighted by atomic mass is 16.6. The average molecular weight is 177 g/mol. The smallest absolute Gasteiger partial charge is 0.180 e. The number of methoxy groups -OCH3 is 1. The number of aromatic nitrogens is 1. The lowest BCUT2D eigenvalue weighted by Crippen LogP contribution is -1.98. The van der Waals surface area contributed by atoms with E-state index < -0.39 is 6.29 Å². The Morgan fingerprint density at radius 1 is 1.38 bits per heavy atom. The molecular weight excluding hydrogens is 166 g/mol. The molecule has 0 fully saturated rings. The van der Waals surface area contributed by atoms with E-state index in [0.717, 1.165) is 16.5 Å². The Bertz CT molecular complexity index is 408. The predicted octanol–water partition coefficient (Wildman–Crippen LogP) is 1.81. The summed E-state index contributed by atoms with van der Waals surface area (Å²) in [5.41, 5.74) is 1.77. The van der Waals surface area contributed by atoms with Crippen molar-refractivity contribution in [3.05, 3.63) is 36.0 Å². The van der Waals surface area contributed by atoms with Gasteiger partial charge in [0.2, 0.25) is 0 Å². The molecule has 0 saturated carbocycles. The first kappa shape index (κ1) is 8.29. The van der Waals surface area contributed by atoms with Gasteiger partial charge in [-0.15, -0.1) is 0 Å². The molecule has 0 aliphatic heterocycles. The molecule has 68 valence electrons. The third-order valence-electron chi connectivity index (χ3n) is 2.09. The molecule has 0 bridgehead atoms. The molecule has 0 spiro atoms. The quantitative estimate of drug-likeness (QED) is 0.687. The van der Waals surface area contributed by atoms with E-state index in [1.165, 1.54) is 7.11 Å². The normalized spacial score (nSPS) is 13.4. The van der Waals surface area contributed by atoms with Crippen LogP contribution in [0.15, 0.2) is 30.5 Å². The Morgan fingerprint density at radius 2 is 2.23 bits per heavy atom. The van der Waals surface area contributed by atoms with Crippen molar-refractivity contribution in [2.45, 2.75) is 6.29 Å². The highest BCUT2D eigenvalue weighted by Gasteiger charge is 2.05. The molecule has 2 N–H and O–H groups in total. The van der Waals surface area contributed by atoms with Crippen molar-refractivity contribution in [2.75, 3.05) is 7.11 Å². The van der Waals surface area contributed by atoms with Gasteiger partial charge in [-0.1, -0.05) is 12.1 Å². The van der Waals surface area contributed by atoms with E-state index in [4.69, 9.17) is 4.74 Å². The van der Waals surface area contributed by atoms with Gasteiger partial charge in [0.05, 0.1) is 0 Å². The lowest BCUT2D eigenvalue weighted by Gasteiger charge is -2.07. The monoisotopic (exact) mass is 177 g/mol. The van der Waals surface area contributed by atoms with Gasteiger partial charge in [0.15, 0.2) is 6.29 Å². The fraction of sp³-hybridized carbons (Fsp3) is 0.200. The van der Waals surface area contributed by atoms with Gasteiger partial charge in [0, 0.05) is 24.4 Å². The summed E-state index contributed by atoms with van der Waals surface area (Å²) in [5.74, 6) is 0. The first-order valence-electron chi connectivity index (χ1n) is 4.09.